The summed E-state index contributed by atoms with van der Waals surface area (Å²) in [7, 11) is 1.50. The number of hydrogen-bond acceptors (Lipinski definition) is 6. The summed E-state index contributed by atoms with van der Waals surface area (Å²) in [5, 5.41) is 2.83. The van der Waals surface area contributed by atoms with Crippen LogP contribution in [0.3, 0.4) is 0 Å². The van der Waals surface area contributed by atoms with Gasteiger partial charge in [-0.1, -0.05) is 29.9 Å². The molecule has 0 atom stereocenters. The highest BCUT2D eigenvalue weighted by atomic mass is 16.6. The minimum absolute atomic E-state index is 0.228. The number of rotatable bonds is 8. The molecule has 0 aliphatic rings. The van der Waals surface area contributed by atoms with Crippen molar-refractivity contribution in [3.63, 3.8) is 0 Å². The van der Waals surface area contributed by atoms with E-state index in [0.717, 1.165) is 22.3 Å². The van der Waals surface area contributed by atoms with Crippen LogP contribution in [0, 0.1) is 0 Å². The van der Waals surface area contributed by atoms with Crippen molar-refractivity contribution < 1.29 is 28.6 Å². The second kappa shape index (κ2) is 11.7. The third-order valence-corrected chi connectivity index (χ3v) is 4.44. The van der Waals surface area contributed by atoms with E-state index in [-0.39, 0.29) is 5.91 Å². The van der Waals surface area contributed by atoms with Crippen LogP contribution in [-0.4, -0.2) is 25.0 Å². The van der Waals surface area contributed by atoms with Gasteiger partial charge < -0.3 is 19.5 Å². The van der Waals surface area contributed by atoms with Crippen molar-refractivity contribution >= 4 is 35.7 Å². The zero-order chi connectivity index (χ0) is 24.5. The normalized spacial score (nSPS) is 10.5. The molecule has 0 fully saturated rings. The zero-order valence-electron chi connectivity index (χ0n) is 19.8. The van der Waals surface area contributed by atoms with E-state index in [4.69, 9.17) is 14.2 Å². The van der Waals surface area contributed by atoms with Crippen molar-refractivity contribution in [2.24, 2.45) is 0 Å². The molecule has 2 aromatic rings. The molecular formula is C26H29NO6. The van der Waals surface area contributed by atoms with E-state index in [1.54, 1.807) is 30.3 Å². The summed E-state index contributed by atoms with van der Waals surface area (Å²) >= 11 is 0. The highest BCUT2D eigenvalue weighted by Gasteiger charge is 2.13. The summed E-state index contributed by atoms with van der Waals surface area (Å²) in [5.74, 6) is -0.0421. The van der Waals surface area contributed by atoms with E-state index < -0.39 is 11.9 Å². The number of anilines is 1. The van der Waals surface area contributed by atoms with Crippen molar-refractivity contribution in [3.05, 3.63) is 58.7 Å². The van der Waals surface area contributed by atoms with E-state index in [1.165, 1.54) is 27.9 Å². The molecule has 0 aliphatic carbocycles. The number of benzene rings is 2. The van der Waals surface area contributed by atoms with Crippen LogP contribution in [0.1, 0.15) is 51.3 Å². The maximum Gasteiger partial charge on any atom is 0.308 e. The predicted octanol–water partition coefficient (Wildman–Crippen LogP) is 5.18. The van der Waals surface area contributed by atoms with Crippen molar-refractivity contribution in [3.8, 4) is 17.2 Å². The summed E-state index contributed by atoms with van der Waals surface area (Å²) in [5.41, 5.74) is 4.16. The molecule has 1 N–H and O–H groups in total. The number of esters is 2. The monoisotopic (exact) mass is 451 g/mol. The molecule has 33 heavy (non-hydrogen) atoms. The number of amides is 1. The van der Waals surface area contributed by atoms with Crippen LogP contribution in [0.2, 0.25) is 0 Å². The van der Waals surface area contributed by atoms with E-state index >= 15 is 0 Å². The Morgan fingerprint density at radius 2 is 1.58 bits per heavy atom. The summed E-state index contributed by atoms with van der Waals surface area (Å²) in [4.78, 5) is 34.6. The molecule has 0 saturated carbocycles. The molecule has 2 rings (SSSR count). The number of carbonyl (C=O) groups is 3. The Morgan fingerprint density at radius 1 is 0.879 bits per heavy atom. The Labute approximate surface area is 194 Å². The third-order valence-electron chi connectivity index (χ3n) is 4.44. The number of allylic oxidation sites excluding steroid dienone is 2. The van der Waals surface area contributed by atoms with Crippen LogP contribution >= 0.6 is 0 Å². The fourth-order valence-electron chi connectivity index (χ4n) is 3.09. The molecule has 0 unspecified atom stereocenters. The number of ether oxygens (including phenoxy) is 3. The van der Waals surface area contributed by atoms with Gasteiger partial charge in [-0.05, 0) is 55.2 Å². The fourth-order valence-corrected chi connectivity index (χ4v) is 3.09. The number of methoxy groups -OCH3 is 1. The standard InChI is InChI=1S/C26H29NO6/c1-16(2)7-11-23-21(14-22(32-18(4)29)15-24(23)27-17(3)28)10-8-20-9-12-25(33-19(5)30)26(13-20)31-6/h7-10,12-15H,11H2,1-6H3,(H,27,28). The lowest BCUT2D eigenvalue weighted by molar-refractivity contribution is -0.132. The van der Waals surface area contributed by atoms with E-state index in [0.29, 0.717) is 29.4 Å². The fraction of sp³-hybridized carbons (Fsp3) is 0.269. The zero-order valence-corrected chi connectivity index (χ0v) is 19.8. The number of carbonyl (C=O) groups excluding carboxylic acids is 3. The molecule has 7 nitrogen and oxygen atoms in total. The Kier molecular flexibility index (Phi) is 8.98. The van der Waals surface area contributed by atoms with E-state index in [2.05, 4.69) is 11.4 Å². The number of hydrogen-bond donors (Lipinski definition) is 1. The van der Waals surface area contributed by atoms with Crippen molar-refractivity contribution in [1.29, 1.82) is 0 Å². The van der Waals surface area contributed by atoms with Gasteiger partial charge in [0.2, 0.25) is 5.91 Å². The second-order valence-corrected chi connectivity index (χ2v) is 7.64. The quantitative estimate of drug-likeness (QED) is 0.257. The molecule has 2 aromatic carbocycles. The van der Waals surface area contributed by atoms with Crippen LogP contribution in [0.25, 0.3) is 12.2 Å². The Balaban J connectivity index is 2.56. The summed E-state index contributed by atoms with van der Waals surface area (Å²) in [6.07, 6.45) is 6.36. The van der Waals surface area contributed by atoms with Crippen LogP contribution in [0.4, 0.5) is 5.69 Å². The van der Waals surface area contributed by atoms with E-state index in [1.807, 2.05) is 26.0 Å². The van der Waals surface area contributed by atoms with Crippen LogP contribution in [-0.2, 0) is 20.8 Å². The van der Waals surface area contributed by atoms with Gasteiger partial charge in [0.05, 0.1) is 7.11 Å². The van der Waals surface area contributed by atoms with Crippen molar-refractivity contribution in [2.75, 3.05) is 12.4 Å². The van der Waals surface area contributed by atoms with E-state index in [9.17, 15) is 14.4 Å². The van der Waals surface area contributed by atoms with Gasteiger partial charge >= 0.3 is 11.9 Å². The maximum absolute atomic E-state index is 11.8. The molecule has 0 saturated heterocycles. The first kappa shape index (κ1) is 25.4. The van der Waals surface area contributed by atoms with Crippen LogP contribution in [0.15, 0.2) is 42.0 Å². The Hall–Kier alpha value is -3.87. The lowest BCUT2D eigenvalue weighted by Crippen LogP contribution is -2.10. The molecule has 1 amide bonds. The predicted molar refractivity (Wildman–Crippen MR) is 128 cm³/mol. The van der Waals surface area contributed by atoms with Crippen LogP contribution < -0.4 is 19.5 Å². The Morgan fingerprint density at radius 3 is 2.15 bits per heavy atom. The minimum Gasteiger partial charge on any atom is -0.493 e. The third kappa shape index (κ3) is 7.96. The van der Waals surface area contributed by atoms with Gasteiger partial charge in [-0.2, -0.15) is 0 Å². The van der Waals surface area contributed by atoms with Crippen LogP contribution in [0.5, 0.6) is 17.2 Å². The summed E-state index contributed by atoms with van der Waals surface area (Å²) in [6, 6.07) is 8.59. The largest absolute Gasteiger partial charge is 0.493 e. The van der Waals surface area contributed by atoms with Crippen molar-refractivity contribution in [2.45, 2.75) is 41.0 Å². The Bertz CT molecular complexity index is 1110. The second-order valence-electron chi connectivity index (χ2n) is 7.64. The first-order valence-corrected chi connectivity index (χ1v) is 10.4. The van der Waals surface area contributed by atoms with Gasteiger partial charge in [-0.25, -0.2) is 0 Å². The molecule has 7 heteroatoms. The first-order valence-electron chi connectivity index (χ1n) is 10.4. The SMILES string of the molecule is COc1cc(C=Cc2cc(OC(C)=O)cc(NC(C)=O)c2CC=C(C)C)ccc1OC(C)=O. The lowest BCUT2D eigenvalue weighted by atomic mass is 9.99. The van der Waals surface area contributed by atoms with Gasteiger partial charge in [0.15, 0.2) is 11.5 Å². The molecule has 0 bridgehead atoms. The number of nitrogens with one attached hydrogen (secondary N) is 1. The highest BCUT2D eigenvalue weighted by molar-refractivity contribution is 5.91. The summed E-state index contributed by atoms with van der Waals surface area (Å²) < 4.78 is 15.8. The average Bonchev–Trinajstić information content (AvgIpc) is 2.70. The van der Waals surface area contributed by atoms with Gasteiger partial charge in [0.1, 0.15) is 5.75 Å². The first-order chi connectivity index (χ1) is 15.6. The topological polar surface area (TPSA) is 90.9 Å². The lowest BCUT2D eigenvalue weighted by Gasteiger charge is -2.15. The highest BCUT2D eigenvalue weighted by Crippen LogP contribution is 2.32. The van der Waals surface area contributed by atoms with Crippen molar-refractivity contribution in [1.82, 2.24) is 0 Å². The molecule has 174 valence electrons. The smallest absolute Gasteiger partial charge is 0.308 e. The molecule has 0 aliphatic heterocycles. The minimum atomic E-state index is -0.457. The molecule has 0 spiro atoms. The molecule has 0 aromatic heterocycles. The van der Waals surface area contributed by atoms with Gasteiger partial charge in [0, 0.05) is 32.5 Å². The maximum atomic E-state index is 11.8. The van der Waals surface area contributed by atoms with Gasteiger partial charge in [-0.15, -0.1) is 0 Å². The molecule has 0 radical (unpaired) electrons. The molecular weight excluding hydrogens is 422 g/mol. The molecule has 0 heterocycles. The van der Waals surface area contributed by atoms with Gasteiger partial charge in [-0.3, -0.25) is 14.4 Å². The van der Waals surface area contributed by atoms with Gasteiger partial charge in [0.25, 0.3) is 0 Å². The summed E-state index contributed by atoms with van der Waals surface area (Å²) in [6.45, 7) is 8.07. The average molecular weight is 452 g/mol.